The van der Waals surface area contributed by atoms with E-state index < -0.39 is 12.2 Å². The monoisotopic (exact) mass is 374 g/mol. The Labute approximate surface area is 155 Å². The number of rotatable bonds is 8. The van der Waals surface area contributed by atoms with Crippen molar-refractivity contribution < 1.29 is 23.5 Å². The first kappa shape index (κ1) is 19.0. The second-order valence-electron chi connectivity index (χ2n) is 6.38. The zero-order valence-electron chi connectivity index (χ0n) is 14.6. The van der Waals surface area contributed by atoms with E-state index in [-0.39, 0.29) is 18.0 Å². The molecule has 3 rings (SSSR count). The van der Waals surface area contributed by atoms with Crippen LogP contribution in [0.4, 0.5) is 8.78 Å². The Bertz CT molecular complexity index is 808. The molecule has 1 saturated heterocycles. The number of benzene rings is 2. The number of hydrogen-bond donors (Lipinski definition) is 2. The number of alkyl halides is 2. The van der Waals surface area contributed by atoms with Crippen molar-refractivity contribution in [1.82, 2.24) is 5.32 Å². The molecule has 2 N–H and O–H groups in total. The normalized spacial score (nSPS) is 18.1. The van der Waals surface area contributed by atoms with Crippen LogP contribution in [0.2, 0.25) is 0 Å². The fourth-order valence-corrected chi connectivity index (χ4v) is 2.71. The zero-order valence-corrected chi connectivity index (χ0v) is 14.6. The minimum absolute atomic E-state index is 0.0475. The van der Waals surface area contributed by atoms with Gasteiger partial charge < -0.3 is 15.3 Å². The van der Waals surface area contributed by atoms with Gasteiger partial charge in [0.25, 0.3) is 0 Å². The molecule has 2 aromatic carbocycles. The summed E-state index contributed by atoms with van der Waals surface area (Å²) in [5, 5.41) is 15.0. The summed E-state index contributed by atoms with van der Waals surface area (Å²) in [6, 6.07) is 16.6. The summed E-state index contributed by atoms with van der Waals surface area (Å²) in [5.74, 6) is -0.0475. The molecule has 0 aliphatic carbocycles. The average molecular weight is 374 g/mol. The Hall–Kier alpha value is -2.80. The van der Waals surface area contributed by atoms with Gasteiger partial charge in [-0.15, -0.1) is 0 Å². The third-order valence-corrected chi connectivity index (χ3v) is 4.38. The fourth-order valence-electron chi connectivity index (χ4n) is 2.71. The minimum atomic E-state index is -3.14. The van der Waals surface area contributed by atoms with Gasteiger partial charge in [-0.1, -0.05) is 59.8 Å². The molecule has 0 spiro atoms. The predicted octanol–water partition coefficient (Wildman–Crippen LogP) is 3.50. The molecule has 1 heterocycles. The number of oxime groups is 1. The highest BCUT2D eigenvalue weighted by Crippen LogP contribution is 2.42. The van der Waals surface area contributed by atoms with Crippen LogP contribution in [-0.4, -0.2) is 29.0 Å². The van der Waals surface area contributed by atoms with Crippen LogP contribution in [0, 0.1) is 0 Å². The van der Waals surface area contributed by atoms with E-state index >= 15 is 0 Å². The third kappa shape index (κ3) is 5.34. The van der Waals surface area contributed by atoms with E-state index in [1.54, 1.807) is 24.3 Å². The van der Waals surface area contributed by atoms with Crippen LogP contribution in [-0.2, 0) is 22.5 Å². The molecule has 142 valence electrons. The van der Waals surface area contributed by atoms with Crippen LogP contribution in [0.1, 0.15) is 29.5 Å². The Kier molecular flexibility index (Phi) is 5.81. The lowest BCUT2D eigenvalue weighted by atomic mass is 10.0. The van der Waals surface area contributed by atoms with Gasteiger partial charge in [-0.25, -0.2) is 0 Å². The van der Waals surface area contributed by atoms with Gasteiger partial charge in [-0.05, 0) is 23.1 Å². The first-order valence-electron chi connectivity index (χ1n) is 8.64. The molecule has 7 heteroatoms. The standard InChI is InChI=1S/C20H20F2N2O3/c21-20(22)18(27-20)12-17(24-26)16-9-6-15(7-10-16)13-23-19(25)11-8-14-4-2-1-3-5-14/h1-7,9-10,18,26H,8,11-13H2,(H,23,25)/b24-17+. The second-order valence-corrected chi connectivity index (χ2v) is 6.38. The fraction of sp³-hybridized carbons (Fsp3) is 0.300. The molecule has 2 aromatic rings. The van der Waals surface area contributed by atoms with Crippen LogP contribution in [0.25, 0.3) is 0 Å². The molecule has 0 aromatic heterocycles. The molecule has 0 bridgehead atoms. The van der Waals surface area contributed by atoms with Gasteiger partial charge >= 0.3 is 6.11 Å². The topological polar surface area (TPSA) is 74.2 Å². The Balaban J connectivity index is 1.46. The van der Waals surface area contributed by atoms with Crippen molar-refractivity contribution in [2.45, 2.75) is 38.0 Å². The number of epoxide rings is 1. The molecule has 1 fully saturated rings. The average Bonchev–Trinajstić information content (AvgIpc) is 3.30. The SMILES string of the molecule is O=C(CCc1ccccc1)NCc1ccc(/C(CC2OC2(F)F)=N/O)cc1. The number of carbonyl (C=O) groups excluding carboxylic acids is 1. The van der Waals surface area contributed by atoms with Crippen molar-refractivity contribution in [1.29, 1.82) is 0 Å². The third-order valence-electron chi connectivity index (χ3n) is 4.38. The van der Waals surface area contributed by atoms with Gasteiger partial charge in [-0.3, -0.25) is 4.79 Å². The first-order valence-corrected chi connectivity index (χ1v) is 8.64. The van der Waals surface area contributed by atoms with E-state index in [1.807, 2.05) is 30.3 Å². The molecule has 1 aliphatic heterocycles. The van der Waals surface area contributed by atoms with Crippen molar-refractivity contribution >= 4 is 11.6 Å². The van der Waals surface area contributed by atoms with E-state index in [0.717, 1.165) is 11.1 Å². The van der Waals surface area contributed by atoms with Crippen LogP contribution in [0.15, 0.2) is 59.8 Å². The summed E-state index contributed by atoms with van der Waals surface area (Å²) in [6.07, 6.45) is -3.47. The highest BCUT2D eigenvalue weighted by atomic mass is 19.3. The predicted molar refractivity (Wildman–Crippen MR) is 95.8 cm³/mol. The maximum absolute atomic E-state index is 12.8. The number of halogens is 2. The largest absolute Gasteiger partial charge is 0.411 e. The summed E-state index contributed by atoms with van der Waals surface area (Å²) in [4.78, 5) is 12.0. The maximum atomic E-state index is 12.8. The number of aryl methyl sites for hydroxylation is 1. The number of amides is 1. The van der Waals surface area contributed by atoms with Gasteiger partial charge in [0.1, 0.15) is 0 Å². The summed E-state index contributed by atoms with van der Waals surface area (Å²) < 4.78 is 29.9. The van der Waals surface area contributed by atoms with Gasteiger partial charge in [0.05, 0.1) is 5.71 Å². The molecular formula is C20H20F2N2O3. The van der Waals surface area contributed by atoms with Crippen molar-refractivity contribution in [3.63, 3.8) is 0 Å². The Morgan fingerprint density at radius 3 is 2.37 bits per heavy atom. The number of hydrogen-bond acceptors (Lipinski definition) is 4. The molecule has 1 aliphatic rings. The molecule has 0 radical (unpaired) electrons. The highest BCUT2D eigenvalue weighted by Gasteiger charge is 2.59. The summed E-state index contributed by atoms with van der Waals surface area (Å²) in [6.45, 7) is 0.364. The summed E-state index contributed by atoms with van der Waals surface area (Å²) in [5.41, 5.74) is 2.63. The lowest BCUT2D eigenvalue weighted by molar-refractivity contribution is -0.121. The van der Waals surface area contributed by atoms with E-state index in [9.17, 15) is 13.6 Å². The summed E-state index contributed by atoms with van der Waals surface area (Å²) >= 11 is 0. The molecule has 1 atom stereocenters. The van der Waals surface area contributed by atoms with Gasteiger partial charge in [-0.2, -0.15) is 8.78 Å². The van der Waals surface area contributed by atoms with Crippen LogP contribution < -0.4 is 5.32 Å². The molecule has 27 heavy (non-hydrogen) atoms. The second kappa shape index (κ2) is 8.26. The number of ether oxygens (including phenoxy) is 1. The van der Waals surface area contributed by atoms with E-state index in [2.05, 4.69) is 15.2 Å². The van der Waals surface area contributed by atoms with Gasteiger partial charge in [0.2, 0.25) is 5.91 Å². The van der Waals surface area contributed by atoms with E-state index in [4.69, 9.17) is 5.21 Å². The van der Waals surface area contributed by atoms with Crippen molar-refractivity contribution in [2.75, 3.05) is 0 Å². The molecule has 0 saturated carbocycles. The van der Waals surface area contributed by atoms with Crippen molar-refractivity contribution in [2.24, 2.45) is 5.16 Å². The molecular weight excluding hydrogens is 354 g/mol. The van der Waals surface area contributed by atoms with E-state index in [1.165, 1.54) is 0 Å². The number of nitrogens with one attached hydrogen (secondary N) is 1. The molecule has 1 unspecified atom stereocenters. The van der Waals surface area contributed by atoms with Crippen molar-refractivity contribution in [3.05, 3.63) is 71.3 Å². The molecule has 1 amide bonds. The quantitative estimate of drug-likeness (QED) is 0.321. The molecule has 5 nitrogen and oxygen atoms in total. The number of carbonyl (C=O) groups is 1. The Morgan fingerprint density at radius 1 is 1.11 bits per heavy atom. The van der Waals surface area contributed by atoms with Crippen LogP contribution >= 0.6 is 0 Å². The van der Waals surface area contributed by atoms with E-state index in [0.29, 0.717) is 24.9 Å². The smallest absolute Gasteiger partial charge is 0.383 e. The van der Waals surface area contributed by atoms with Crippen LogP contribution in [0.3, 0.4) is 0 Å². The van der Waals surface area contributed by atoms with Crippen LogP contribution in [0.5, 0.6) is 0 Å². The minimum Gasteiger partial charge on any atom is -0.411 e. The Morgan fingerprint density at radius 2 is 1.78 bits per heavy atom. The lowest BCUT2D eigenvalue weighted by Crippen LogP contribution is -2.23. The highest BCUT2D eigenvalue weighted by molar-refractivity contribution is 6.00. The number of nitrogens with zero attached hydrogens (tertiary/aromatic N) is 1. The summed E-state index contributed by atoms with van der Waals surface area (Å²) in [7, 11) is 0. The van der Waals surface area contributed by atoms with Gasteiger partial charge in [0, 0.05) is 19.4 Å². The lowest BCUT2D eigenvalue weighted by Gasteiger charge is -2.07. The van der Waals surface area contributed by atoms with Crippen molar-refractivity contribution in [3.8, 4) is 0 Å². The van der Waals surface area contributed by atoms with Gasteiger partial charge in [0.15, 0.2) is 6.10 Å². The first-order chi connectivity index (χ1) is 13.0. The zero-order chi connectivity index (χ0) is 19.3. The maximum Gasteiger partial charge on any atom is 0.383 e.